The van der Waals surface area contributed by atoms with Crippen LogP contribution in [0.4, 0.5) is 16.2 Å². The van der Waals surface area contributed by atoms with Gasteiger partial charge >= 0.3 is 6.09 Å². The number of carbonyl (C=O) groups is 2. The van der Waals surface area contributed by atoms with Gasteiger partial charge < -0.3 is 15.5 Å². The Kier molecular flexibility index (Phi) is 3.20. The number of anilines is 2. The Morgan fingerprint density at radius 1 is 1.32 bits per heavy atom. The summed E-state index contributed by atoms with van der Waals surface area (Å²) in [5, 5.41) is 5.87. The van der Waals surface area contributed by atoms with Gasteiger partial charge in [0.25, 0.3) is 5.91 Å². The molecule has 1 aromatic rings. The topological polar surface area (TPSA) is 91.5 Å². The molecule has 0 spiro atoms. The fourth-order valence-corrected chi connectivity index (χ4v) is 2.46. The lowest BCUT2D eigenvalue weighted by Crippen LogP contribution is -2.32. The first-order valence-corrected chi connectivity index (χ1v) is 7.01. The molecule has 0 bridgehead atoms. The van der Waals surface area contributed by atoms with Crippen LogP contribution in [0, 0.1) is 0 Å². The quantitative estimate of drug-likeness (QED) is 0.637. The van der Waals surface area contributed by atoms with Gasteiger partial charge in [0, 0.05) is 29.7 Å². The Labute approximate surface area is 128 Å². The molecule has 0 saturated heterocycles. The summed E-state index contributed by atoms with van der Waals surface area (Å²) in [4.78, 5) is 24.0. The minimum atomic E-state index is -0.581. The molecular formula is C15H18N4O3. The van der Waals surface area contributed by atoms with E-state index >= 15 is 0 Å². The lowest BCUT2D eigenvalue weighted by atomic mass is 10.0. The summed E-state index contributed by atoms with van der Waals surface area (Å²) in [6, 6.07) is 3.44. The smallest absolute Gasteiger partial charge is 0.412 e. The first-order valence-electron chi connectivity index (χ1n) is 7.01. The number of hydrogen-bond acceptors (Lipinski definition) is 5. The van der Waals surface area contributed by atoms with E-state index in [9.17, 15) is 9.59 Å². The lowest BCUT2D eigenvalue weighted by Gasteiger charge is -2.20. The number of hydrazine groups is 1. The highest BCUT2D eigenvalue weighted by atomic mass is 16.6. The molecular weight excluding hydrogens is 284 g/mol. The molecule has 2 aliphatic heterocycles. The normalized spacial score (nSPS) is 15.6. The van der Waals surface area contributed by atoms with E-state index in [-0.39, 0.29) is 5.91 Å². The maximum absolute atomic E-state index is 12.1. The highest BCUT2D eigenvalue weighted by Crippen LogP contribution is 2.36. The molecule has 0 aromatic heterocycles. The molecule has 116 valence electrons. The minimum Gasteiger partial charge on any atom is -0.444 e. The highest BCUT2D eigenvalue weighted by Gasteiger charge is 2.26. The second-order valence-electron chi connectivity index (χ2n) is 6.19. The van der Waals surface area contributed by atoms with E-state index in [4.69, 9.17) is 4.74 Å². The number of ether oxygens (including phenoxy) is 1. The van der Waals surface area contributed by atoms with Crippen molar-refractivity contribution in [2.45, 2.75) is 26.4 Å². The van der Waals surface area contributed by atoms with Crippen LogP contribution >= 0.6 is 0 Å². The van der Waals surface area contributed by atoms with E-state index in [2.05, 4.69) is 21.5 Å². The van der Waals surface area contributed by atoms with Gasteiger partial charge in [0.1, 0.15) is 5.60 Å². The Hall–Kier alpha value is -2.70. The molecule has 3 rings (SSSR count). The monoisotopic (exact) mass is 302 g/mol. The van der Waals surface area contributed by atoms with Crippen molar-refractivity contribution in [3.05, 3.63) is 29.5 Å². The Bertz CT molecular complexity index is 689. The summed E-state index contributed by atoms with van der Waals surface area (Å²) >= 11 is 0. The van der Waals surface area contributed by atoms with Gasteiger partial charge in [0.2, 0.25) is 0 Å². The van der Waals surface area contributed by atoms with Crippen molar-refractivity contribution in [2.24, 2.45) is 0 Å². The summed E-state index contributed by atoms with van der Waals surface area (Å²) in [5.74, 6) is -0.251. The lowest BCUT2D eigenvalue weighted by molar-refractivity contribution is 0.0635. The molecule has 0 unspecified atom stereocenters. The van der Waals surface area contributed by atoms with E-state index in [0.29, 0.717) is 17.8 Å². The van der Waals surface area contributed by atoms with Gasteiger partial charge in [-0.15, -0.1) is 0 Å². The molecule has 1 aromatic carbocycles. The molecule has 2 heterocycles. The zero-order valence-electron chi connectivity index (χ0n) is 12.7. The van der Waals surface area contributed by atoms with Crippen molar-refractivity contribution in [1.29, 1.82) is 0 Å². The molecule has 0 fully saturated rings. The number of carbonyl (C=O) groups excluding carboxylic acids is 2. The molecule has 0 saturated carbocycles. The van der Waals surface area contributed by atoms with Gasteiger partial charge in [-0.3, -0.25) is 15.5 Å². The third kappa shape index (κ3) is 2.69. The third-order valence-electron chi connectivity index (χ3n) is 3.25. The molecule has 2 aliphatic rings. The van der Waals surface area contributed by atoms with Crippen molar-refractivity contribution in [3.8, 4) is 0 Å². The molecule has 0 radical (unpaired) electrons. The average molecular weight is 302 g/mol. The highest BCUT2D eigenvalue weighted by molar-refractivity contribution is 6.06. The number of rotatable bonds is 1. The Balaban J connectivity index is 1.92. The fourth-order valence-electron chi connectivity index (χ4n) is 2.46. The first-order chi connectivity index (χ1) is 10.3. The second-order valence-corrected chi connectivity index (χ2v) is 6.19. The number of benzene rings is 1. The van der Waals surface area contributed by atoms with Crippen LogP contribution in [0.3, 0.4) is 0 Å². The van der Waals surface area contributed by atoms with Gasteiger partial charge in [0.05, 0.1) is 5.56 Å². The van der Waals surface area contributed by atoms with Crippen LogP contribution in [0.2, 0.25) is 0 Å². The summed E-state index contributed by atoms with van der Waals surface area (Å²) in [7, 11) is 0. The third-order valence-corrected chi connectivity index (χ3v) is 3.25. The van der Waals surface area contributed by atoms with E-state index in [1.807, 2.05) is 0 Å². The van der Waals surface area contributed by atoms with Crippen LogP contribution in [0.1, 0.15) is 36.7 Å². The average Bonchev–Trinajstić information content (AvgIpc) is 2.71. The van der Waals surface area contributed by atoms with E-state index in [1.54, 1.807) is 39.1 Å². The Morgan fingerprint density at radius 3 is 2.82 bits per heavy atom. The molecule has 0 atom stereocenters. The molecule has 0 aliphatic carbocycles. The van der Waals surface area contributed by atoms with Crippen LogP contribution in [0.5, 0.6) is 0 Å². The van der Waals surface area contributed by atoms with Crippen LogP contribution in [-0.2, 0) is 4.74 Å². The van der Waals surface area contributed by atoms with E-state index in [1.165, 1.54) is 0 Å². The molecule has 4 N–H and O–H groups in total. The molecule has 22 heavy (non-hydrogen) atoms. The maximum atomic E-state index is 12.1. The number of nitrogens with one attached hydrogen (secondary N) is 4. The van der Waals surface area contributed by atoms with Gasteiger partial charge in [-0.2, -0.15) is 0 Å². The Morgan fingerprint density at radius 2 is 2.09 bits per heavy atom. The predicted octanol–water partition coefficient (Wildman–Crippen LogP) is 2.05. The molecule has 7 nitrogen and oxygen atoms in total. The van der Waals surface area contributed by atoms with E-state index in [0.717, 1.165) is 16.8 Å². The van der Waals surface area contributed by atoms with Crippen molar-refractivity contribution in [3.63, 3.8) is 0 Å². The summed E-state index contributed by atoms with van der Waals surface area (Å²) in [6.45, 7) is 6.00. The van der Waals surface area contributed by atoms with Gasteiger partial charge in [-0.25, -0.2) is 4.79 Å². The standard InChI is InChI=1S/C15H18N4O3/c1-15(2,3)22-14(21)18-9-4-10-12-8(6-16-11(12)5-9)7-17-19-13(10)20/h4-5,7,16-17H,6H2,1-3H3,(H,18,21)(H,19,20). The molecule has 2 amide bonds. The van der Waals surface area contributed by atoms with Crippen LogP contribution in [0.25, 0.3) is 5.57 Å². The van der Waals surface area contributed by atoms with Crippen LogP contribution in [0.15, 0.2) is 18.3 Å². The van der Waals surface area contributed by atoms with Crippen LogP contribution < -0.4 is 21.5 Å². The fraction of sp³-hybridized carbons (Fsp3) is 0.333. The van der Waals surface area contributed by atoms with E-state index < -0.39 is 11.7 Å². The number of amides is 2. The van der Waals surface area contributed by atoms with Crippen molar-refractivity contribution < 1.29 is 14.3 Å². The molecule has 7 heteroatoms. The van der Waals surface area contributed by atoms with Crippen LogP contribution in [-0.4, -0.2) is 24.1 Å². The van der Waals surface area contributed by atoms with Gasteiger partial charge in [0.15, 0.2) is 0 Å². The van der Waals surface area contributed by atoms with Crippen molar-refractivity contribution in [1.82, 2.24) is 10.9 Å². The number of hydrogen-bond donors (Lipinski definition) is 4. The van der Waals surface area contributed by atoms with Gasteiger partial charge in [-0.05, 0) is 38.5 Å². The van der Waals surface area contributed by atoms with Crippen molar-refractivity contribution >= 4 is 28.9 Å². The summed E-state index contributed by atoms with van der Waals surface area (Å²) < 4.78 is 5.23. The summed E-state index contributed by atoms with van der Waals surface area (Å²) in [5.41, 5.74) is 8.43. The minimum absolute atomic E-state index is 0.251. The zero-order chi connectivity index (χ0) is 15.9. The predicted molar refractivity (Wildman–Crippen MR) is 83.4 cm³/mol. The zero-order valence-corrected chi connectivity index (χ0v) is 12.7. The SMILES string of the molecule is CC(C)(C)OC(=O)Nc1cc2c3c(c1)C(=O)NNC=C3CN2. The summed E-state index contributed by atoms with van der Waals surface area (Å²) in [6.07, 6.45) is 1.20. The van der Waals surface area contributed by atoms with Gasteiger partial charge in [-0.1, -0.05) is 0 Å². The largest absolute Gasteiger partial charge is 0.444 e. The first kappa shape index (κ1) is 14.2. The maximum Gasteiger partial charge on any atom is 0.412 e. The second kappa shape index (κ2) is 4.94. The van der Waals surface area contributed by atoms with Crippen molar-refractivity contribution in [2.75, 3.05) is 17.2 Å².